The van der Waals surface area contributed by atoms with Gasteiger partial charge in [0.2, 0.25) is 5.91 Å². The van der Waals surface area contributed by atoms with Crippen molar-refractivity contribution < 1.29 is 19.1 Å². The predicted molar refractivity (Wildman–Crippen MR) is 139 cm³/mol. The Morgan fingerprint density at radius 1 is 0.829 bits per heavy atom. The number of benzene rings is 3. The number of carbonyl (C=O) groups excluding carboxylic acids is 2. The third-order valence-electron chi connectivity index (χ3n) is 5.28. The summed E-state index contributed by atoms with van der Waals surface area (Å²) in [6.07, 6.45) is 2.58. The Morgan fingerprint density at radius 3 is 2.34 bits per heavy atom. The number of methoxy groups -OCH3 is 1. The van der Waals surface area contributed by atoms with Gasteiger partial charge in [0, 0.05) is 31.5 Å². The molecule has 0 aliphatic rings. The molecule has 0 unspecified atom stereocenters. The summed E-state index contributed by atoms with van der Waals surface area (Å²) in [5.41, 5.74) is 3.23. The van der Waals surface area contributed by atoms with Gasteiger partial charge < -0.3 is 25.4 Å². The Labute approximate surface area is 206 Å². The lowest BCUT2D eigenvalue weighted by molar-refractivity contribution is -0.114. The molecular weight excluding hydrogens is 442 g/mol. The lowest BCUT2D eigenvalue weighted by Crippen LogP contribution is -2.25. The standard InChI is InChI=1S/C28H33N3O4/c1-34-19-8-18-29-28(33)23-14-16-24(17-15-23)30-21-27(32)31-25-12-5-6-13-26(25)35-20-7-11-22-9-3-2-4-10-22/h2-6,9-10,12-17,30H,7-8,11,18-21H2,1H3,(H,29,33)(H,31,32). The summed E-state index contributed by atoms with van der Waals surface area (Å²) in [7, 11) is 1.63. The van der Waals surface area contributed by atoms with E-state index in [1.165, 1.54) is 5.56 Å². The predicted octanol–water partition coefficient (Wildman–Crippen LogP) is 4.52. The van der Waals surface area contributed by atoms with Gasteiger partial charge in [-0.2, -0.15) is 0 Å². The molecule has 2 amide bonds. The van der Waals surface area contributed by atoms with Crippen molar-refractivity contribution in [2.45, 2.75) is 19.3 Å². The molecule has 7 nitrogen and oxygen atoms in total. The molecule has 184 valence electrons. The first-order valence-corrected chi connectivity index (χ1v) is 11.8. The highest BCUT2D eigenvalue weighted by Crippen LogP contribution is 2.24. The summed E-state index contributed by atoms with van der Waals surface area (Å²) in [5.74, 6) is 0.325. The van der Waals surface area contributed by atoms with Crippen LogP contribution in [0.15, 0.2) is 78.9 Å². The summed E-state index contributed by atoms with van der Waals surface area (Å²) >= 11 is 0. The molecule has 0 aliphatic carbocycles. The number of nitrogens with one attached hydrogen (secondary N) is 3. The van der Waals surface area contributed by atoms with Gasteiger partial charge in [0.15, 0.2) is 0 Å². The molecule has 3 rings (SSSR count). The number of anilines is 2. The molecule has 3 aromatic carbocycles. The molecular formula is C28H33N3O4. The van der Waals surface area contributed by atoms with Crippen molar-refractivity contribution in [3.63, 3.8) is 0 Å². The summed E-state index contributed by atoms with van der Waals surface area (Å²) in [6.45, 7) is 1.82. The van der Waals surface area contributed by atoms with Gasteiger partial charge in [0.1, 0.15) is 5.75 Å². The zero-order chi connectivity index (χ0) is 24.7. The van der Waals surface area contributed by atoms with Gasteiger partial charge in [-0.15, -0.1) is 0 Å². The molecule has 0 bridgehead atoms. The van der Waals surface area contributed by atoms with E-state index in [1.54, 1.807) is 31.4 Å². The van der Waals surface area contributed by atoms with Crippen LogP contribution < -0.4 is 20.7 Å². The highest BCUT2D eigenvalue weighted by atomic mass is 16.5. The molecule has 0 saturated carbocycles. The van der Waals surface area contributed by atoms with Gasteiger partial charge in [0.25, 0.3) is 5.91 Å². The average molecular weight is 476 g/mol. The zero-order valence-electron chi connectivity index (χ0n) is 20.1. The first kappa shape index (κ1) is 25.8. The molecule has 0 atom stereocenters. The number of rotatable bonds is 14. The van der Waals surface area contributed by atoms with Gasteiger partial charge in [0.05, 0.1) is 18.8 Å². The van der Waals surface area contributed by atoms with E-state index in [4.69, 9.17) is 9.47 Å². The largest absolute Gasteiger partial charge is 0.491 e. The van der Waals surface area contributed by atoms with E-state index in [0.717, 1.165) is 24.9 Å². The third kappa shape index (κ3) is 9.14. The molecule has 0 aromatic heterocycles. The van der Waals surface area contributed by atoms with Crippen LogP contribution in [0.2, 0.25) is 0 Å². The van der Waals surface area contributed by atoms with Crippen molar-refractivity contribution in [1.29, 1.82) is 0 Å². The second kappa shape index (κ2) is 14.4. The normalized spacial score (nSPS) is 10.4. The topological polar surface area (TPSA) is 88.7 Å². The van der Waals surface area contributed by atoms with Crippen LogP contribution in [0.5, 0.6) is 5.75 Å². The average Bonchev–Trinajstić information content (AvgIpc) is 2.89. The smallest absolute Gasteiger partial charge is 0.251 e. The highest BCUT2D eigenvalue weighted by Gasteiger charge is 2.09. The summed E-state index contributed by atoms with van der Waals surface area (Å²) in [5, 5.41) is 8.83. The Hall–Kier alpha value is -3.84. The van der Waals surface area contributed by atoms with Gasteiger partial charge in [-0.05, 0) is 61.2 Å². The van der Waals surface area contributed by atoms with Crippen LogP contribution in [0.1, 0.15) is 28.8 Å². The Balaban J connectivity index is 1.42. The Morgan fingerprint density at radius 2 is 1.57 bits per heavy atom. The van der Waals surface area contributed by atoms with Crippen LogP contribution in [0, 0.1) is 0 Å². The second-order valence-electron chi connectivity index (χ2n) is 8.02. The number of para-hydroxylation sites is 2. The van der Waals surface area contributed by atoms with E-state index >= 15 is 0 Å². The maximum atomic E-state index is 12.5. The monoisotopic (exact) mass is 475 g/mol. The summed E-state index contributed by atoms with van der Waals surface area (Å²) in [6, 6.07) is 24.7. The number of amides is 2. The lowest BCUT2D eigenvalue weighted by atomic mass is 10.1. The van der Waals surface area contributed by atoms with E-state index in [2.05, 4.69) is 28.1 Å². The van der Waals surface area contributed by atoms with Crippen molar-refractivity contribution >= 4 is 23.2 Å². The molecule has 0 saturated heterocycles. The molecule has 3 N–H and O–H groups in total. The first-order chi connectivity index (χ1) is 17.2. The number of hydrogen-bond acceptors (Lipinski definition) is 5. The summed E-state index contributed by atoms with van der Waals surface area (Å²) in [4.78, 5) is 24.6. The maximum absolute atomic E-state index is 12.5. The van der Waals surface area contributed by atoms with Crippen LogP contribution in [0.25, 0.3) is 0 Å². The summed E-state index contributed by atoms with van der Waals surface area (Å²) < 4.78 is 10.9. The molecule has 0 radical (unpaired) electrons. The molecule has 0 heterocycles. The second-order valence-corrected chi connectivity index (χ2v) is 8.02. The fourth-order valence-corrected chi connectivity index (χ4v) is 3.44. The van der Waals surface area contributed by atoms with Crippen LogP contribution in [0.4, 0.5) is 11.4 Å². The minimum Gasteiger partial charge on any atom is -0.491 e. The quantitative estimate of drug-likeness (QED) is 0.299. The van der Waals surface area contributed by atoms with Gasteiger partial charge >= 0.3 is 0 Å². The van der Waals surface area contributed by atoms with Crippen LogP contribution in [0.3, 0.4) is 0 Å². The van der Waals surface area contributed by atoms with Gasteiger partial charge in [-0.1, -0.05) is 42.5 Å². The first-order valence-electron chi connectivity index (χ1n) is 11.8. The van der Waals surface area contributed by atoms with E-state index in [0.29, 0.717) is 36.8 Å². The molecule has 7 heteroatoms. The van der Waals surface area contributed by atoms with Crippen molar-refractivity contribution in [2.75, 3.05) is 44.0 Å². The van der Waals surface area contributed by atoms with E-state index in [9.17, 15) is 9.59 Å². The number of hydrogen-bond donors (Lipinski definition) is 3. The minimum absolute atomic E-state index is 0.0882. The number of aryl methyl sites for hydroxylation is 1. The zero-order valence-corrected chi connectivity index (χ0v) is 20.1. The van der Waals surface area contributed by atoms with Crippen LogP contribution in [-0.2, 0) is 16.0 Å². The molecule has 35 heavy (non-hydrogen) atoms. The van der Waals surface area contributed by atoms with Crippen molar-refractivity contribution in [3.8, 4) is 5.75 Å². The van der Waals surface area contributed by atoms with E-state index in [1.807, 2.05) is 42.5 Å². The van der Waals surface area contributed by atoms with Crippen LogP contribution in [-0.4, -0.2) is 45.2 Å². The Bertz CT molecular complexity index is 1060. The lowest BCUT2D eigenvalue weighted by Gasteiger charge is -2.13. The molecule has 0 spiro atoms. The van der Waals surface area contributed by atoms with E-state index in [-0.39, 0.29) is 18.4 Å². The number of ether oxygens (including phenoxy) is 2. The fourth-order valence-electron chi connectivity index (χ4n) is 3.44. The van der Waals surface area contributed by atoms with Gasteiger partial charge in [-0.25, -0.2) is 0 Å². The molecule has 0 aliphatic heterocycles. The number of carbonyl (C=O) groups is 2. The SMILES string of the molecule is COCCCNC(=O)c1ccc(NCC(=O)Nc2ccccc2OCCCc2ccccc2)cc1. The molecule has 3 aromatic rings. The van der Waals surface area contributed by atoms with Crippen molar-refractivity contribution in [3.05, 3.63) is 90.0 Å². The highest BCUT2D eigenvalue weighted by molar-refractivity contribution is 5.96. The van der Waals surface area contributed by atoms with E-state index < -0.39 is 0 Å². The van der Waals surface area contributed by atoms with Crippen molar-refractivity contribution in [2.24, 2.45) is 0 Å². The third-order valence-corrected chi connectivity index (χ3v) is 5.28. The van der Waals surface area contributed by atoms with Crippen LogP contribution >= 0.6 is 0 Å². The molecule has 0 fully saturated rings. The fraction of sp³-hybridized carbons (Fsp3) is 0.286. The minimum atomic E-state index is -0.190. The van der Waals surface area contributed by atoms with Gasteiger partial charge in [-0.3, -0.25) is 9.59 Å². The maximum Gasteiger partial charge on any atom is 0.251 e. The Kier molecular flexibility index (Phi) is 10.6. The van der Waals surface area contributed by atoms with Crippen molar-refractivity contribution in [1.82, 2.24) is 5.32 Å².